The van der Waals surface area contributed by atoms with Crippen LogP contribution < -0.4 is 25.6 Å². The van der Waals surface area contributed by atoms with Gasteiger partial charge < -0.3 is 10.1 Å². The third-order valence-electron chi connectivity index (χ3n) is 5.78. The Morgan fingerprint density at radius 2 is 1.56 bits per heavy atom. The first-order valence-electron chi connectivity index (χ1n) is 12.2. The summed E-state index contributed by atoms with van der Waals surface area (Å²) in [6.07, 6.45) is 0.335. The number of carbonyl (C=O) groups is 3. The lowest BCUT2D eigenvalue weighted by Gasteiger charge is -2.21. The number of para-hydroxylation sites is 2. The van der Waals surface area contributed by atoms with Crippen molar-refractivity contribution in [1.29, 1.82) is 0 Å². The molecule has 0 aromatic heterocycles. The zero-order chi connectivity index (χ0) is 28.6. The van der Waals surface area contributed by atoms with Gasteiger partial charge in [-0.1, -0.05) is 50.2 Å². The molecule has 0 radical (unpaired) electrons. The Hall–Kier alpha value is -4.38. The van der Waals surface area contributed by atoms with Crippen LogP contribution in [0.3, 0.4) is 0 Å². The number of methoxy groups -OCH3 is 1. The topological polar surface area (TPSA) is 143 Å². The molecule has 11 heteroatoms. The summed E-state index contributed by atoms with van der Waals surface area (Å²) in [7, 11) is -2.63. The van der Waals surface area contributed by atoms with Crippen LogP contribution in [0.5, 0.6) is 5.75 Å². The molecule has 0 fully saturated rings. The molecule has 0 bridgehead atoms. The number of nitrogens with one attached hydrogen (secondary N) is 4. The zero-order valence-corrected chi connectivity index (χ0v) is 23.0. The molecule has 39 heavy (non-hydrogen) atoms. The van der Waals surface area contributed by atoms with E-state index in [9.17, 15) is 22.8 Å². The van der Waals surface area contributed by atoms with E-state index in [0.717, 1.165) is 5.56 Å². The summed E-state index contributed by atoms with van der Waals surface area (Å²) >= 11 is 0. The highest BCUT2D eigenvalue weighted by atomic mass is 32.2. The Balaban J connectivity index is 1.69. The van der Waals surface area contributed by atoms with Crippen LogP contribution >= 0.6 is 0 Å². The second-order valence-electron chi connectivity index (χ2n) is 9.25. The molecule has 0 aliphatic rings. The molecule has 1 unspecified atom stereocenters. The fourth-order valence-electron chi connectivity index (χ4n) is 3.78. The minimum Gasteiger partial charge on any atom is -0.495 e. The molecule has 0 saturated heterocycles. The molecule has 3 aromatic carbocycles. The van der Waals surface area contributed by atoms with Crippen molar-refractivity contribution < 1.29 is 27.5 Å². The quantitative estimate of drug-likeness (QED) is 0.284. The van der Waals surface area contributed by atoms with Crippen LogP contribution in [0.1, 0.15) is 46.5 Å². The van der Waals surface area contributed by atoms with Crippen molar-refractivity contribution in [2.24, 2.45) is 5.92 Å². The van der Waals surface area contributed by atoms with Gasteiger partial charge in [0.15, 0.2) is 0 Å². The number of anilines is 1. The first-order valence-corrected chi connectivity index (χ1v) is 13.7. The number of hydrogen-bond acceptors (Lipinski definition) is 6. The summed E-state index contributed by atoms with van der Waals surface area (Å²) in [5.41, 5.74) is 6.09. The standard InChI is InChI=1S/C28H32N4O6S/c1-18(2)16-24(29-27(34)22-13-6-5-10-19(22)3)28(35)31-30-26(33)20-11-9-12-21(17-20)39(36,37)32-23-14-7-8-15-25(23)38-4/h5-15,17-18,24,32H,16H2,1-4H3,(H,29,34)(H,30,33)(H,31,35). The zero-order valence-electron chi connectivity index (χ0n) is 22.1. The van der Waals surface area contributed by atoms with E-state index in [1.54, 1.807) is 49.4 Å². The van der Waals surface area contributed by atoms with Crippen LogP contribution in [0.15, 0.2) is 77.7 Å². The lowest BCUT2D eigenvalue weighted by Crippen LogP contribution is -2.52. The summed E-state index contributed by atoms with van der Waals surface area (Å²) in [5.74, 6) is -1.33. The first kappa shape index (κ1) is 29.2. The molecule has 0 heterocycles. The van der Waals surface area contributed by atoms with Gasteiger partial charge in [0.2, 0.25) is 0 Å². The number of rotatable bonds is 10. The van der Waals surface area contributed by atoms with Gasteiger partial charge in [-0.25, -0.2) is 8.42 Å². The van der Waals surface area contributed by atoms with Gasteiger partial charge in [-0.15, -0.1) is 0 Å². The van der Waals surface area contributed by atoms with Gasteiger partial charge in [0.25, 0.3) is 27.7 Å². The van der Waals surface area contributed by atoms with Crippen LogP contribution in [0.2, 0.25) is 0 Å². The molecular formula is C28H32N4O6S. The maximum atomic E-state index is 12.9. The van der Waals surface area contributed by atoms with E-state index in [4.69, 9.17) is 4.74 Å². The molecule has 0 saturated carbocycles. The van der Waals surface area contributed by atoms with Crippen molar-refractivity contribution in [1.82, 2.24) is 16.2 Å². The third-order valence-corrected chi connectivity index (χ3v) is 7.14. The fraction of sp³-hybridized carbons (Fsp3) is 0.250. The van der Waals surface area contributed by atoms with E-state index >= 15 is 0 Å². The highest BCUT2D eigenvalue weighted by Gasteiger charge is 2.24. The molecular weight excluding hydrogens is 520 g/mol. The van der Waals surface area contributed by atoms with Crippen LogP contribution in [-0.4, -0.2) is 39.3 Å². The van der Waals surface area contributed by atoms with Crippen molar-refractivity contribution in [2.45, 2.75) is 38.1 Å². The lowest BCUT2D eigenvalue weighted by atomic mass is 10.0. The molecule has 3 rings (SSSR count). The highest BCUT2D eigenvalue weighted by molar-refractivity contribution is 7.92. The average molecular weight is 553 g/mol. The van der Waals surface area contributed by atoms with Gasteiger partial charge in [0, 0.05) is 11.1 Å². The van der Waals surface area contributed by atoms with Crippen LogP contribution in [0.25, 0.3) is 0 Å². The summed E-state index contributed by atoms with van der Waals surface area (Å²) in [4.78, 5) is 38.3. The van der Waals surface area contributed by atoms with E-state index in [-0.39, 0.29) is 22.1 Å². The van der Waals surface area contributed by atoms with Crippen molar-refractivity contribution in [3.05, 3.63) is 89.5 Å². The second-order valence-corrected chi connectivity index (χ2v) is 10.9. The van der Waals surface area contributed by atoms with Gasteiger partial charge in [0.1, 0.15) is 11.8 Å². The molecule has 0 aliphatic heterocycles. The Bertz CT molecular complexity index is 1460. The van der Waals surface area contributed by atoms with E-state index < -0.39 is 33.8 Å². The number of ether oxygens (including phenoxy) is 1. The number of hydrazine groups is 1. The summed E-state index contributed by atoms with van der Waals surface area (Å²) in [6.45, 7) is 5.61. The lowest BCUT2D eigenvalue weighted by molar-refractivity contribution is -0.124. The van der Waals surface area contributed by atoms with Crippen molar-refractivity contribution in [3.8, 4) is 5.75 Å². The van der Waals surface area contributed by atoms with Gasteiger partial charge in [0.05, 0.1) is 17.7 Å². The maximum Gasteiger partial charge on any atom is 0.269 e. The smallest absolute Gasteiger partial charge is 0.269 e. The van der Waals surface area contributed by atoms with Gasteiger partial charge >= 0.3 is 0 Å². The van der Waals surface area contributed by atoms with Crippen molar-refractivity contribution in [3.63, 3.8) is 0 Å². The van der Waals surface area contributed by atoms with E-state index in [2.05, 4.69) is 20.9 Å². The molecule has 10 nitrogen and oxygen atoms in total. The second kappa shape index (κ2) is 12.9. The Labute approximate surface area is 228 Å². The predicted molar refractivity (Wildman–Crippen MR) is 148 cm³/mol. The van der Waals surface area contributed by atoms with Crippen molar-refractivity contribution in [2.75, 3.05) is 11.8 Å². The molecule has 0 spiro atoms. The highest BCUT2D eigenvalue weighted by Crippen LogP contribution is 2.26. The number of carbonyl (C=O) groups excluding carboxylic acids is 3. The Morgan fingerprint density at radius 1 is 0.872 bits per heavy atom. The normalized spacial score (nSPS) is 11.8. The largest absolute Gasteiger partial charge is 0.495 e. The van der Waals surface area contributed by atoms with Gasteiger partial charge in [-0.3, -0.25) is 30.0 Å². The maximum absolute atomic E-state index is 12.9. The number of sulfonamides is 1. The number of benzene rings is 3. The minimum atomic E-state index is -4.05. The molecule has 3 amide bonds. The summed E-state index contributed by atoms with van der Waals surface area (Å²) in [5, 5.41) is 2.73. The fourth-order valence-corrected chi connectivity index (χ4v) is 4.90. The third kappa shape index (κ3) is 7.81. The molecule has 3 aromatic rings. The minimum absolute atomic E-state index is 0.00237. The summed E-state index contributed by atoms with van der Waals surface area (Å²) < 4.78 is 33.5. The Morgan fingerprint density at radius 3 is 2.26 bits per heavy atom. The first-order chi connectivity index (χ1) is 18.5. The number of amides is 3. The molecule has 206 valence electrons. The van der Waals surface area contributed by atoms with E-state index in [1.807, 2.05) is 19.9 Å². The summed E-state index contributed by atoms with van der Waals surface area (Å²) in [6, 6.07) is 18.0. The molecule has 1 atom stereocenters. The number of hydrogen-bond donors (Lipinski definition) is 4. The SMILES string of the molecule is COc1ccccc1NS(=O)(=O)c1cccc(C(=O)NNC(=O)C(CC(C)C)NC(=O)c2ccccc2C)c1. The van der Waals surface area contributed by atoms with Crippen LogP contribution in [0.4, 0.5) is 5.69 Å². The van der Waals surface area contributed by atoms with Gasteiger partial charge in [-0.05, 0) is 61.2 Å². The van der Waals surface area contributed by atoms with Crippen molar-refractivity contribution >= 4 is 33.4 Å². The Kier molecular flexibility index (Phi) is 9.67. The van der Waals surface area contributed by atoms with Crippen LogP contribution in [-0.2, 0) is 14.8 Å². The predicted octanol–water partition coefficient (Wildman–Crippen LogP) is 3.41. The average Bonchev–Trinajstić information content (AvgIpc) is 2.91. The number of aryl methyl sites for hydroxylation is 1. The van der Waals surface area contributed by atoms with E-state index in [1.165, 1.54) is 31.4 Å². The van der Waals surface area contributed by atoms with E-state index in [0.29, 0.717) is 17.7 Å². The molecule has 4 N–H and O–H groups in total. The van der Waals surface area contributed by atoms with Crippen LogP contribution in [0, 0.1) is 12.8 Å². The van der Waals surface area contributed by atoms with Gasteiger partial charge in [-0.2, -0.15) is 0 Å². The molecule has 0 aliphatic carbocycles. The monoisotopic (exact) mass is 552 g/mol.